The first-order valence-electron chi connectivity index (χ1n) is 14.8. The van der Waals surface area contributed by atoms with Gasteiger partial charge in [-0.1, -0.05) is 68.4 Å². The quantitative estimate of drug-likeness (QED) is 0.217. The molecule has 0 aromatic heterocycles. The summed E-state index contributed by atoms with van der Waals surface area (Å²) in [5.74, 6) is 0.193. The third-order valence-corrected chi connectivity index (χ3v) is 6.90. The van der Waals surface area contributed by atoms with Crippen LogP contribution in [0.5, 0.6) is 0 Å². The van der Waals surface area contributed by atoms with E-state index in [1.165, 1.54) is 12.8 Å². The molecule has 3 amide bonds. The lowest BCUT2D eigenvalue weighted by Crippen LogP contribution is -2.55. The van der Waals surface area contributed by atoms with E-state index < -0.39 is 29.3 Å². The summed E-state index contributed by atoms with van der Waals surface area (Å²) in [5, 5.41) is 5.94. The van der Waals surface area contributed by atoms with Gasteiger partial charge in [-0.2, -0.15) is 11.8 Å². The number of carbonyl (C=O) groups excluding carboxylic acids is 3. The van der Waals surface area contributed by atoms with Crippen LogP contribution in [0.25, 0.3) is 0 Å². The molecule has 8 heteroatoms. The Morgan fingerprint density at radius 2 is 1.50 bits per heavy atom. The molecule has 1 aromatic rings. The van der Waals surface area contributed by atoms with E-state index >= 15 is 0 Å². The van der Waals surface area contributed by atoms with Crippen molar-refractivity contribution >= 4 is 29.7 Å². The second-order valence-corrected chi connectivity index (χ2v) is 13.8. The second kappa shape index (κ2) is 16.9. The maximum atomic E-state index is 14.3. The van der Waals surface area contributed by atoms with Crippen molar-refractivity contribution in [2.45, 2.75) is 130 Å². The van der Waals surface area contributed by atoms with Crippen LogP contribution in [-0.2, 0) is 14.3 Å². The Morgan fingerprint density at radius 3 is 2.02 bits per heavy atom. The van der Waals surface area contributed by atoms with Gasteiger partial charge >= 0.3 is 6.09 Å². The molecule has 0 aliphatic heterocycles. The number of amides is 3. The van der Waals surface area contributed by atoms with Gasteiger partial charge in [0, 0.05) is 12.1 Å². The molecule has 7 nitrogen and oxygen atoms in total. The van der Waals surface area contributed by atoms with Crippen molar-refractivity contribution in [3.05, 3.63) is 34.9 Å². The monoisotopic (exact) mass is 577 g/mol. The lowest BCUT2D eigenvalue weighted by Gasteiger charge is -2.36. The van der Waals surface area contributed by atoms with Crippen molar-refractivity contribution in [2.24, 2.45) is 0 Å². The number of unbranched alkanes of at least 4 members (excludes halogenated alkanes) is 5. The molecule has 0 bridgehead atoms. The summed E-state index contributed by atoms with van der Waals surface area (Å²) in [7, 11) is 0. The fraction of sp³-hybridized carbons (Fsp3) is 0.719. The van der Waals surface area contributed by atoms with Crippen LogP contribution < -0.4 is 10.6 Å². The zero-order valence-corrected chi connectivity index (χ0v) is 27.6. The van der Waals surface area contributed by atoms with Crippen molar-refractivity contribution in [1.29, 1.82) is 0 Å². The second-order valence-electron chi connectivity index (χ2n) is 12.8. The van der Waals surface area contributed by atoms with Gasteiger partial charge < -0.3 is 20.3 Å². The van der Waals surface area contributed by atoms with Crippen LogP contribution in [0.15, 0.2) is 18.2 Å². The van der Waals surface area contributed by atoms with E-state index in [1.54, 1.807) is 37.4 Å². The Kier molecular flexibility index (Phi) is 15.1. The summed E-state index contributed by atoms with van der Waals surface area (Å²) in [6.45, 7) is 17.8. The predicted octanol–water partition coefficient (Wildman–Crippen LogP) is 7.09. The van der Waals surface area contributed by atoms with Gasteiger partial charge in [-0.3, -0.25) is 9.59 Å². The molecular weight excluding hydrogens is 522 g/mol. The molecule has 0 heterocycles. The Balaban J connectivity index is 3.52. The first kappa shape index (κ1) is 35.8. The summed E-state index contributed by atoms with van der Waals surface area (Å²) in [6, 6.07) is 4.41. The van der Waals surface area contributed by atoms with Crippen LogP contribution in [-0.4, -0.2) is 58.5 Å². The van der Waals surface area contributed by atoms with Crippen molar-refractivity contribution in [3.63, 3.8) is 0 Å². The van der Waals surface area contributed by atoms with Crippen molar-refractivity contribution in [3.8, 4) is 0 Å². The number of hydrogen-bond donors (Lipinski definition) is 2. The topological polar surface area (TPSA) is 87.7 Å². The average molecular weight is 578 g/mol. The number of hydrogen-bond acceptors (Lipinski definition) is 5. The summed E-state index contributed by atoms with van der Waals surface area (Å²) in [5.41, 5.74) is 1.67. The number of rotatable bonds is 15. The molecule has 0 spiro atoms. The van der Waals surface area contributed by atoms with Gasteiger partial charge in [-0.25, -0.2) is 4.79 Å². The summed E-state index contributed by atoms with van der Waals surface area (Å²) in [4.78, 5) is 42.7. The summed E-state index contributed by atoms with van der Waals surface area (Å²) in [6.07, 6.45) is 8.13. The maximum absolute atomic E-state index is 14.3. The molecule has 1 rings (SSSR count). The van der Waals surface area contributed by atoms with Crippen molar-refractivity contribution in [1.82, 2.24) is 15.5 Å². The van der Waals surface area contributed by atoms with E-state index in [9.17, 15) is 14.4 Å². The number of aryl methyl sites for hydroxylation is 2. The summed E-state index contributed by atoms with van der Waals surface area (Å²) >= 11 is 1.61. The molecule has 0 aliphatic carbocycles. The maximum Gasteiger partial charge on any atom is 0.408 e. The van der Waals surface area contributed by atoms with E-state index in [4.69, 9.17) is 4.74 Å². The minimum atomic E-state index is -0.821. The smallest absolute Gasteiger partial charge is 0.408 e. The van der Waals surface area contributed by atoms with Crippen LogP contribution in [0.3, 0.4) is 0 Å². The van der Waals surface area contributed by atoms with E-state index in [0.29, 0.717) is 18.7 Å². The Bertz CT molecular complexity index is 932. The molecule has 0 saturated heterocycles. The van der Waals surface area contributed by atoms with Crippen LogP contribution in [0.1, 0.15) is 116 Å². The molecule has 2 N–H and O–H groups in total. The normalized spacial score (nSPS) is 13.3. The number of benzene rings is 1. The van der Waals surface area contributed by atoms with Gasteiger partial charge in [0.25, 0.3) is 0 Å². The Hall–Kier alpha value is -2.22. The highest BCUT2D eigenvalue weighted by Crippen LogP contribution is 2.27. The highest BCUT2D eigenvalue weighted by atomic mass is 32.2. The fourth-order valence-corrected chi connectivity index (χ4v) is 5.12. The van der Waals surface area contributed by atoms with E-state index in [0.717, 1.165) is 42.4 Å². The van der Waals surface area contributed by atoms with E-state index in [1.807, 2.05) is 53.0 Å². The number of nitrogens with zero attached hydrogens (tertiary/aromatic N) is 1. The number of ether oxygens (including phenoxy) is 1. The molecule has 1 aromatic carbocycles. The third-order valence-electron chi connectivity index (χ3n) is 6.25. The Morgan fingerprint density at radius 1 is 0.925 bits per heavy atom. The molecule has 0 saturated carbocycles. The zero-order valence-electron chi connectivity index (χ0n) is 26.7. The highest BCUT2D eigenvalue weighted by molar-refractivity contribution is 7.98. The first-order valence-corrected chi connectivity index (χ1v) is 16.2. The predicted molar refractivity (Wildman–Crippen MR) is 168 cm³/mol. The number of alkyl carbamates (subject to hydrolysis) is 1. The number of nitrogens with one attached hydrogen (secondary N) is 2. The lowest BCUT2D eigenvalue weighted by atomic mass is 9.96. The van der Waals surface area contributed by atoms with Gasteiger partial charge in [0.1, 0.15) is 17.7 Å². The highest BCUT2D eigenvalue weighted by Gasteiger charge is 2.37. The zero-order chi connectivity index (χ0) is 30.5. The van der Waals surface area contributed by atoms with E-state index in [-0.39, 0.29) is 11.8 Å². The Labute approximate surface area is 248 Å². The van der Waals surface area contributed by atoms with Gasteiger partial charge in [0.05, 0.1) is 0 Å². The SMILES string of the molecule is CCCCCCCCN(C(=O)C(CCSC)NC(=O)OC(C)(C)C)C(C(=O)NC(C)(C)C)c1cc(C)cc(C)c1. The van der Waals surface area contributed by atoms with Gasteiger partial charge in [-0.05, 0) is 85.8 Å². The molecule has 40 heavy (non-hydrogen) atoms. The first-order chi connectivity index (χ1) is 18.6. The lowest BCUT2D eigenvalue weighted by molar-refractivity contribution is -0.143. The van der Waals surface area contributed by atoms with Crippen LogP contribution in [0.4, 0.5) is 4.79 Å². The van der Waals surface area contributed by atoms with Gasteiger partial charge in [0.15, 0.2) is 0 Å². The average Bonchev–Trinajstić information content (AvgIpc) is 2.79. The van der Waals surface area contributed by atoms with Gasteiger partial charge in [-0.15, -0.1) is 0 Å². The van der Waals surface area contributed by atoms with Crippen molar-refractivity contribution < 1.29 is 19.1 Å². The summed E-state index contributed by atoms with van der Waals surface area (Å²) < 4.78 is 5.50. The van der Waals surface area contributed by atoms with Gasteiger partial charge in [0.2, 0.25) is 11.8 Å². The van der Waals surface area contributed by atoms with Crippen LogP contribution in [0.2, 0.25) is 0 Å². The molecule has 2 atom stereocenters. The molecule has 0 fully saturated rings. The fourth-order valence-electron chi connectivity index (χ4n) is 4.65. The number of carbonyl (C=O) groups is 3. The van der Waals surface area contributed by atoms with Crippen molar-refractivity contribution in [2.75, 3.05) is 18.6 Å². The molecule has 228 valence electrons. The largest absolute Gasteiger partial charge is 0.444 e. The minimum absolute atomic E-state index is 0.224. The molecule has 0 aliphatic rings. The van der Waals surface area contributed by atoms with Crippen LogP contribution in [0, 0.1) is 13.8 Å². The standard InChI is InChI=1S/C32H55N3O4S/c1-11-12-13-14-15-16-18-35(29(37)26(17-19-40-10)33-30(38)39-32(7,8)9)27(28(36)34-31(4,5)6)25-21-23(2)20-24(3)22-25/h20-22,26-27H,11-19H2,1-10H3,(H,33,38)(H,34,36). The minimum Gasteiger partial charge on any atom is -0.444 e. The molecule has 0 radical (unpaired) electrons. The third kappa shape index (κ3) is 13.9. The molecular formula is C32H55N3O4S. The van der Waals surface area contributed by atoms with E-state index in [2.05, 4.69) is 23.6 Å². The van der Waals surface area contributed by atoms with Crippen LogP contribution >= 0.6 is 11.8 Å². The number of thioether (sulfide) groups is 1. The molecule has 2 unspecified atom stereocenters.